The van der Waals surface area contributed by atoms with Gasteiger partial charge in [0.1, 0.15) is 23.7 Å². The Morgan fingerprint density at radius 1 is 0.484 bits per heavy atom. The van der Waals surface area contributed by atoms with Crippen molar-refractivity contribution in [3.05, 3.63) is 144 Å². The molecule has 4 saturated heterocycles. The van der Waals surface area contributed by atoms with Crippen LogP contribution in [0.15, 0.2) is 122 Å². The van der Waals surface area contributed by atoms with Gasteiger partial charge in [-0.2, -0.15) is 0 Å². The van der Waals surface area contributed by atoms with Crippen LogP contribution >= 0.6 is 0 Å². The van der Waals surface area contributed by atoms with E-state index >= 15 is 0 Å². The quantitative estimate of drug-likeness (QED) is 0.103. The molecule has 64 heavy (non-hydrogen) atoms. The number of aliphatic hydroxyl groups excluding tert-OH is 2. The minimum Gasteiger partial charge on any atom is -0.393 e. The standard InChI is InChI=1S/C52H58N8O4/c61-41-23-29-57(30-24-41)47(39-9-3-1-4-10-39)51(63)59-27-7-13-45(59)49-53-33-43(55-49)37-19-15-35(16-20-37)36-17-21-38(22-18-36)44-34-54-50(56-44)46-14-8-28-60(46)52(64)48(40-11-5-2-6-12-40)58-31-25-42(62)26-32-58/h1-6,9-12,15-22,33-34,41-42,45-48,61-62H,7-8,13-14,23-32H2,(H,53,55)(H,54,56). The number of imidazole rings is 2. The van der Waals surface area contributed by atoms with E-state index in [0.717, 1.165) is 82.1 Å². The van der Waals surface area contributed by atoms with Crippen molar-refractivity contribution in [1.29, 1.82) is 0 Å². The molecular weight excluding hydrogens is 801 g/mol. The number of amides is 2. The predicted molar refractivity (Wildman–Crippen MR) is 246 cm³/mol. The molecule has 4 atom stereocenters. The Morgan fingerprint density at radius 3 is 1.22 bits per heavy atom. The molecule has 4 aliphatic heterocycles. The fourth-order valence-corrected chi connectivity index (χ4v) is 10.5. The van der Waals surface area contributed by atoms with Gasteiger partial charge in [0, 0.05) is 39.3 Å². The summed E-state index contributed by atoms with van der Waals surface area (Å²) in [5.74, 6) is 1.82. The second-order valence-electron chi connectivity index (χ2n) is 18.1. The Hall–Kier alpha value is -5.92. The van der Waals surface area contributed by atoms with Gasteiger partial charge in [-0.25, -0.2) is 9.97 Å². The van der Waals surface area contributed by atoms with Crippen LogP contribution in [0.4, 0.5) is 0 Å². The number of carbonyl (C=O) groups excluding carboxylic acids is 2. The van der Waals surface area contributed by atoms with E-state index in [1.165, 1.54) is 0 Å². The Labute approximate surface area is 375 Å². The van der Waals surface area contributed by atoms with Gasteiger partial charge in [-0.05, 0) is 84.7 Å². The minimum absolute atomic E-state index is 0.0995. The molecule has 6 heterocycles. The number of aromatic nitrogens is 4. The number of hydrogen-bond donors (Lipinski definition) is 4. The fraction of sp³-hybridized carbons (Fsp3) is 0.385. The third-order valence-electron chi connectivity index (χ3n) is 14.0. The molecule has 0 bridgehead atoms. The second kappa shape index (κ2) is 18.7. The van der Waals surface area contributed by atoms with Crippen molar-refractivity contribution in [2.75, 3.05) is 39.3 Å². The Kier molecular flexibility index (Phi) is 12.3. The van der Waals surface area contributed by atoms with Crippen LogP contribution in [0.1, 0.15) is 98.3 Å². The molecule has 4 N–H and O–H groups in total. The molecule has 12 heteroatoms. The number of nitrogens with zero attached hydrogens (tertiary/aromatic N) is 6. The first-order valence-electron chi connectivity index (χ1n) is 23.2. The van der Waals surface area contributed by atoms with Gasteiger partial charge in [0.05, 0.1) is 48.1 Å². The van der Waals surface area contributed by atoms with Crippen LogP contribution in [0.25, 0.3) is 33.6 Å². The number of likely N-dealkylation sites (tertiary alicyclic amines) is 4. The third-order valence-corrected chi connectivity index (χ3v) is 14.0. The van der Waals surface area contributed by atoms with Gasteiger partial charge >= 0.3 is 0 Å². The molecule has 2 aromatic heterocycles. The number of piperidine rings is 2. The molecule has 4 aromatic carbocycles. The van der Waals surface area contributed by atoms with Gasteiger partial charge < -0.3 is 30.0 Å². The average Bonchev–Trinajstić information content (AvgIpc) is 4.19. The number of nitrogens with one attached hydrogen (secondary N) is 2. The molecule has 12 nitrogen and oxygen atoms in total. The minimum atomic E-state index is -0.386. The molecule has 4 unspecified atom stereocenters. The maximum Gasteiger partial charge on any atom is 0.245 e. The van der Waals surface area contributed by atoms with Gasteiger partial charge in [-0.15, -0.1) is 0 Å². The predicted octanol–water partition coefficient (Wildman–Crippen LogP) is 7.86. The molecular formula is C52H58N8O4. The van der Waals surface area contributed by atoms with Gasteiger partial charge in [0.25, 0.3) is 0 Å². The molecule has 4 aliphatic rings. The van der Waals surface area contributed by atoms with Crippen molar-refractivity contribution in [1.82, 2.24) is 39.5 Å². The Balaban J connectivity index is 0.801. The second-order valence-corrected chi connectivity index (χ2v) is 18.1. The SMILES string of the molecule is O=C(C(c1ccccc1)N1CCC(O)CC1)N1CCCC1c1ncc(-c2ccc(-c3ccc(-c4cnc(C5CCCN5C(=O)C(c5ccccc5)N5CCC(O)CC5)[nH]4)cc3)cc2)[nH]1. The highest BCUT2D eigenvalue weighted by molar-refractivity contribution is 5.85. The maximum absolute atomic E-state index is 14.4. The number of aliphatic hydroxyl groups is 2. The summed E-state index contributed by atoms with van der Waals surface area (Å²) in [4.78, 5) is 54.1. The number of H-pyrrole nitrogens is 2. The van der Waals surface area contributed by atoms with Crippen molar-refractivity contribution < 1.29 is 19.8 Å². The van der Waals surface area contributed by atoms with Crippen LogP contribution < -0.4 is 0 Å². The number of rotatable bonds is 11. The summed E-state index contributed by atoms with van der Waals surface area (Å²) >= 11 is 0. The number of aromatic amines is 2. The van der Waals surface area contributed by atoms with Crippen LogP contribution in [0.5, 0.6) is 0 Å². The topological polar surface area (TPSA) is 145 Å². The lowest BCUT2D eigenvalue weighted by Gasteiger charge is -2.38. The molecule has 0 aliphatic carbocycles. The van der Waals surface area contributed by atoms with E-state index in [1.54, 1.807) is 0 Å². The van der Waals surface area contributed by atoms with Crippen LogP contribution in [-0.4, -0.2) is 113 Å². The third kappa shape index (κ3) is 8.67. The Bertz CT molecular complexity index is 2320. The fourth-order valence-electron chi connectivity index (χ4n) is 10.5. The van der Waals surface area contributed by atoms with E-state index in [9.17, 15) is 19.8 Å². The van der Waals surface area contributed by atoms with Crippen molar-refractivity contribution in [3.8, 4) is 33.6 Å². The van der Waals surface area contributed by atoms with Crippen LogP contribution in [-0.2, 0) is 9.59 Å². The molecule has 6 aromatic rings. The average molecular weight is 859 g/mol. The lowest BCUT2D eigenvalue weighted by Crippen LogP contribution is -2.46. The summed E-state index contributed by atoms with van der Waals surface area (Å²) in [5.41, 5.74) is 8.06. The number of benzene rings is 4. The van der Waals surface area contributed by atoms with E-state index in [1.807, 2.05) is 82.9 Å². The summed E-state index contributed by atoms with van der Waals surface area (Å²) in [6, 6.07) is 36.1. The lowest BCUT2D eigenvalue weighted by molar-refractivity contribution is -0.140. The van der Waals surface area contributed by atoms with E-state index in [4.69, 9.17) is 9.97 Å². The first-order chi connectivity index (χ1) is 31.4. The highest BCUT2D eigenvalue weighted by atomic mass is 16.3. The first kappa shape index (κ1) is 42.1. The molecule has 0 saturated carbocycles. The molecule has 0 radical (unpaired) electrons. The van der Waals surface area contributed by atoms with Crippen molar-refractivity contribution in [2.24, 2.45) is 0 Å². The smallest absolute Gasteiger partial charge is 0.245 e. The maximum atomic E-state index is 14.4. The summed E-state index contributed by atoms with van der Waals surface area (Å²) in [5, 5.41) is 20.4. The van der Waals surface area contributed by atoms with Crippen LogP contribution in [0.3, 0.4) is 0 Å². The van der Waals surface area contributed by atoms with E-state index in [-0.39, 0.29) is 48.2 Å². The molecule has 330 valence electrons. The van der Waals surface area contributed by atoms with Crippen molar-refractivity contribution in [2.45, 2.75) is 87.7 Å². The van der Waals surface area contributed by atoms with Crippen molar-refractivity contribution >= 4 is 11.8 Å². The van der Waals surface area contributed by atoms with Crippen LogP contribution in [0.2, 0.25) is 0 Å². The van der Waals surface area contributed by atoms with Gasteiger partial charge in [0.15, 0.2) is 0 Å². The summed E-state index contributed by atoms with van der Waals surface area (Å²) in [6.45, 7) is 4.14. The largest absolute Gasteiger partial charge is 0.393 e. The summed E-state index contributed by atoms with van der Waals surface area (Å²) in [7, 11) is 0. The number of hydrogen-bond acceptors (Lipinski definition) is 8. The highest BCUT2D eigenvalue weighted by Crippen LogP contribution is 2.39. The summed E-state index contributed by atoms with van der Waals surface area (Å²) in [6.07, 6.45) is 9.39. The zero-order valence-corrected chi connectivity index (χ0v) is 36.3. The highest BCUT2D eigenvalue weighted by Gasteiger charge is 2.41. The van der Waals surface area contributed by atoms with Gasteiger partial charge in [-0.1, -0.05) is 109 Å². The molecule has 0 spiro atoms. The Morgan fingerprint density at radius 2 is 0.844 bits per heavy atom. The molecule has 10 rings (SSSR count). The molecule has 4 fully saturated rings. The van der Waals surface area contributed by atoms with Gasteiger partial charge in [0.2, 0.25) is 11.8 Å². The molecule has 2 amide bonds. The van der Waals surface area contributed by atoms with E-state index in [0.29, 0.717) is 65.0 Å². The van der Waals surface area contributed by atoms with E-state index < -0.39 is 0 Å². The van der Waals surface area contributed by atoms with Crippen LogP contribution in [0, 0.1) is 0 Å². The lowest BCUT2D eigenvalue weighted by atomic mass is 9.99. The van der Waals surface area contributed by atoms with Crippen molar-refractivity contribution in [3.63, 3.8) is 0 Å². The van der Waals surface area contributed by atoms with Gasteiger partial charge in [-0.3, -0.25) is 19.4 Å². The zero-order chi connectivity index (χ0) is 43.6. The normalized spacial score (nSPS) is 21.3. The van der Waals surface area contributed by atoms with E-state index in [2.05, 4.69) is 68.3 Å². The first-order valence-corrected chi connectivity index (χ1v) is 23.2. The monoisotopic (exact) mass is 858 g/mol. The summed E-state index contributed by atoms with van der Waals surface area (Å²) < 4.78 is 0. The zero-order valence-electron chi connectivity index (χ0n) is 36.3. The number of carbonyl (C=O) groups is 2.